The van der Waals surface area contributed by atoms with Crippen molar-refractivity contribution in [2.24, 2.45) is 11.5 Å². The first kappa shape index (κ1) is 43.7. The summed E-state index contributed by atoms with van der Waals surface area (Å²) in [5.41, 5.74) is 16.0. The summed E-state index contributed by atoms with van der Waals surface area (Å²) in [5.74, 6) is -1.19. The van der Waals surface area contributed by atoms with Crippen molar-refractivity contribution in [2.75, 3.05) is 26.4 Å². The molecule has 0 unspecified atom stereocenters. The number of aromatic nitrogens is 3. The zero-order valence-corrected chi connectivity index (χ0v) is 35.4. The van der Waals surface area contributed by atoms with Crippen LogP contribution in [0.2, 0.25) is 5.02 Å². The van der Waals surface area contributed by atoms with Crippen molar-refractivity contribution >= 4 is 61.8 Å². The SMILES string of the molecule is CN1C(=O)[C@H](CCCCN)NC(=O)[C@H](CCCN)NCc2cccnc2Sc2c(Cl)cc(-c3cncc(S(C)(=O)=O)c3)cc2CNC(=O)[C@@H]1Cc1c[nH]c2ccccc12. The van der Waals surface area contributed by atoms with Gasteiger partial charge in [0.1, 0.15) is 17.1 Å². The minimum Gasteiger partial charge on any atom is -0.361 e. The smallest absolute Gasteiger partial charge is 0.245 e. The number of pyridine rings is 2. The van der Waals surface area contributed by atoms with Crippen LogP contribution in [-0.4, -0.2) is 90.5 Å². The van der Waals surface area contributed by atoms with Crippen LogP contribution < -0.4 is 27.4 Å². The quantitative estimate of drug-likeness (QED) is 0.103. The van der Waals surface area contributed by atoms with Gasteiger partial charge in [-0.3, -0.25) is 19.4 Å². The van der Waals surface area contributed by atoms with Gasteiger partial charge in [-0.25, -0.2) is 13.4 Å². The lowest BCUT2D eigenvalue weighted by Gasteiger charge is -2.32. The number of aromatic amines is 1. The zero-order valence-electron chi connectivity index (χ0n) is 33.0. The summed E-state index contributed by atoms with van der Waals surface area (Å²) >= 11 is 8.41. The van der Waals surface area contributed by atoms with Crippen LogP contribution in [0.25, 0.3) is 22.0 Å². The second kappa shape index (κ2) is 19.9. The number of unbranched alkanes of at least 4 members (excludes halogenated alkanes) is 1. The summed E-state index contributed by atoms with van der Waals surface area (Å²) in [6.45, 7) is 1.06. The average molecular weight is 861 g/mol. The highest BCUT2D eigenvalue weighted by Crippen LogP contribution is 2.40. The Morgan fingerprint density at radius 3 is 2.46 bits per heavy atom. The number of fused-ring (bicyclic) bond motifs is 3. The molecule has 0 spiro atoms. The second-order valence-corrected chi connectivity index (χ2v) is 18.1. The number of sulfone groups is 1. The van der Waals surface area contributed by atoms with Gasteiger partial charge in [-0.2, -0.15) is 0 Å². The molecule has 1 aliphatic rings. The van der Waals surface area contributed by atoms with E-state index in [0.717, 1.165) is 28.3 Å². The van der Waals surface area contributed by atoms with Crippen molar-refractivity contribution in [3.8, 4) is 11.1 Å². The fraction of sp³-hybridized carbons (Fsp3) is 0.357. The van der Waals surface area contributed by atoms with Gasteiger partial charge < -0.3 is 37.3 Å². The Hall–Kier alpha value is -4.84. The maximum absolute atomic E-state index is 14.6. The van der Waals surface area contributed by atoms with E-state index in [0.29, 0.717) is 76.8 Å². The largest absolute Gasteiger partial charge is 0.361 e. The van der Waals surface area contributed by atoms with Crippen molar-refractivity contribution in [1.82, 2.24) is 35.8 Å². The summed E-state index contributed by atoms with van der Waals surface area (Å²) in [5, 5.41) is 11.4. The molecule has 5 aromatic rings. The van der Waals surface area contributed by atoms with Crippen LogP contribution >= 0.6 is 23.4 Å². The number of hydrogen-bond acceptors (Lipinski definition) is 11. The topological polar surface area (TPSA) is 218 Å². The van der Waals surface area contributed by atoms with Crippen molar-refractivity contribution in [1.29, 1.82) is 0 Å². The summed E-state index contributed by atoms with van der Waals surface area (Å²) in [6, 6.07) is 13.9. The first-order valence-corrected chi connectivity index (χ1v) is 22.6. The molecule has 2 aromatic carbocycles. The molecule has 312 valence electrons. The minimum absolute atomic E-state index is 0.00141. The van der Waals surface area contributed by atoms with E-state index in [2.05, 4.69) is 30.9 Å². The van der Waals surface area contributed by atoms with E-state index >= 15 is 0 Å². The second-order valence-electron chi connectivity index (χ2n) is 14.7. The Bertz CT molecular complexity index is 2410. The number of nitrogens with zero attached hydrogens (tertiary/aromatic N) is 3. The monoisotopic (exact) mass is 859 g/mol. The molecule has 17 heteroatoms. The molecule has 4 heterocycles. The molecule has 14 nitrogen and oxygen atoms in total. The molecule has 6 rings (SSSR count). The molecular formula is C42H50ClN9O5S2. The highest BCUT2D eigenvalue weighted by atomic mass is 35.5. The number of hydrogen-bond donors (Lipinski definition) is 6. The molecule has 59 heavy (non-hydrogen) atoms. The molecule has 3 amide bonds. The Morgan fingerprint density at radius 1 is 0.898 bits per heavy atom. The Morgan fingerprint density at radius 2 is 1.68 bits per heavy atom. The normalized spacial score (nSPS) is 18.5. The molecule has 3 aromatic heterocycles. The van der Waals surface area contributed by atoms with E-state index in [-0.39, 0.29) is 30.3 Å². The number of benzene rings is 2. The van der Waals surface area contributed by atoms with Gasteiger partial charge in [0.05, 0.1) is 16.0 Å². The van der Waals surface area contributed by atoms with E-state index in [1.165, 1.54) is 28.9 Å². The maximum Gasteiger partial charge on any atom is 0.245 e. The summed E-state index contributed by atoms with van der Waals surface area (Å²) in [4.78, 5) is 57.5. The van der Waals surface area contributed by atoms with Gasteiger partial charge in [-0.15, -0.1) is 0 Å². The molecule has 0 saturated heterocycles. The number of carbonyl (C=O) groups is 3. The van der Waals surface area contributed by atoms with Crippen molar-refractivity contribution in [3.63, 3.8) is 0 Å². The fourth-order valence-electron chi connectivity index (χ4n) is 7.11. The summed E-state index contributed by atoms with van der Waals surface area (Å²) in [7, 11) is -1.97. The molecule has 0 saturated carbocycles. The Balaban J connectivity index is 1.46. The third-order valence-electron chi connectivity index (χ3n) is 10.4. The van der Waals surface area contributed by atoms with Crippen LogP contribution in [-0.2, 0) is 43.7 Å². The number of halogens is 1. The number of para-hydroxylation sites is 1. The van der Waals surface area contributed by atoms with E-state index in [1.54, 1.807) is 25.5 Å². The van der Waals surface area contributed by atoms with Gasteiger partial charge in [0.15, 0.2) is 9.84 Å². The van der Waals surface area contributed by atoms with E-state index in [9.17, 15) is 22.8 Å². The van der Waals surface area contributed by atoms with Crippen LogP contribution in [0.15, 0.2) is 94.2 Å². The molecule has 0 fully saturated rings. The van der Waals surface area contributed by atoms with E-state index < -0.39 is 39.8 Å². The molecule has 8 N–H and O–H groups in total. The van der Waals surface area contributed by atoms with Gasteiger partial charge in [0.25, 0.3) is 0 Å². The van der Waals surface area contributed by atoms with E-state index in [4.69, 9.17) is 23.1 Å². The van der Waals surface area contributed by atoms with Crippen molar-refractivity contribution in [2.45, 2.75) is 84.6 Å². The predicted octanol–water partition coefficient (Wildman–Crippen LogP) is 4.34. The molecule has 0 radical (unpaired) electrons. The van der Waals surface area contributed by atoms with Crippen molar-refractivity contribution < 1.29 is 22.8 Å². The van der Waals surface area contributed by atoms with Crippen LogP contribution in [0, 0.1) is 0 Å². The van der Waals surface area contributed by atoms with Gasteiger partial charge in [0.2, 0.25) is 17.7 Å². The number of carbonyl (C=O) groups excluding carboxylic acids is 3. The first-order valence-electron chi connectivity index (χ1n) is 19.5. The maximum atomic E-state index is 14.6. The van der Waals surface area contributed by atoms with Gasteiger partial charge in [0, 0.05) is 79.0 Å². The van der Waals surface area contributed by atoms with Crippen LogP contribution in [0.1, 0.15) is 48.8 Å². The highest BCUT2D eigenvalue weighted by Gasteiger charge is 2.34. The van der Waals surface area contributed by atoms with Crippen LogP contribution in [0.3, 0.4) is 0 Å². The predicted molar refractivity (Wildman–Crippen MR) is 230 cm³/mol. The number of amides is 3. The number of rotatable bonds is 11. The highest BCUT2D eigenvalue weighted by molar-refractivity contribution is 7.99. The molecule has 0 aliphatic carbocycles. The Labute approximate surface area is 353 Å². The number of H-pyrrole nitrogens is 1. The summed E-state index contributed by atoms with van der Waals surface area (Å²) < 4.78 is 24.9. The van der Waals surface area contributed by atoms with E-state index in [1.807, 2.05) is 48.7 Å². The third kappa shape index (κ3) is 10.9. The van der Waals surface area contributed by atoms with Gasteiger partial charge in [-0.05, 0) is 97.8 Å². The van der Waals surface area contributed by atoms with Crippen LogP contribution in [0.4, 0.5) is 0 Å². The molecule has 0 bridgehead atoms. The fourth-order valence-corrected chi connectivity index (χ4v) is 9.05. The molecule has 1 aliphatic heterocycles. The number of likely N-dealkylation sites (N-methyl/N-ethyl adjacent to an activating group) is 1. The number of nitrogens with two attached hydrogens (primary N) is 2. The first-order chi connectivity index (χ1) is 28.4. The number of nitrogens with one attached hydrogen (secondary N) is 4. The zero-order chi connectivity index (χ0) is 42.1. The van der Waals surface area contributed by atoms with Crippen LogP contribution in [0.5, 0.6) is 0 Å². The van der Waals surface area contributed by atoms with Crippen molar-refractivity contribution in [3.05, 3.63) is 101 Å². The lowest BCUT2D eigenvalue weighted by molar-refractivity contribution is -0.142. The molecular weight excluding hydrogens is 810 g/mol. The van der Waals surface area contributed by atoms with Gasteiger partial charge >= 0.3 is 0 Å². The standard InChI is InChI=1S/C42H50ClN9O5S2/c1-52-37(20-29-23-48-34-11-4-3-10-32(29)34)40(54)50-24-30-17-27(28-18-31(25-46-21-28)59(2,56)57)19-33(43)38(30)58-41-26(9-8-16-47-41)22-49-35(13-7-15-45)39(53)51-36(42(52)55)12-5-6-14-44/h3-4,8-11,16-19,21,23,25,35-37,48-49H,5-7,12-15,20,22,24,44-45H2,1-2H3,(H,50,54)(H,51,53)/t35-,36-,37-/m0/s1. The lowest BCUT2D eigenvalue weighted by Crippen LogP contribution is -2.57. The molecule has 3 atom stereocenters. The Kier molecular flexibility index (Phi) is 14.8. The minimum atomic E-state index is -3.56. The average Bonchev–Trinajstić information content (AvgIpc) is 3.64. The third-order valence-corrected chi connectivity index (χ3v) is 13.2. The summed E-state index contributed by atoms with van der Waals surface area (Å²) in [6.07, 6.45) is 10.2. The lowest BCUT2D eigenvalue weighted by atomic mass is 10.0. The van der Waals surface area contributed by atoms with Gasteiger partial charge in [-0.1, -0.05) is 47.6 Å².